The molecule has 3 aromatic rings. The Balaban J connectivity index is 1.78. The Morgan fingerprint density at radius 1 is 1.11 bits per heavy atom. The molecule has 0 unspecified atom stereocenters. The molecule has 0 radical (unpaired) electrons. The molecule has 0 aliphatic carbocycles. The summed E-state index contributed by atoms with van der Waals surface area (Å²) in [6.45, 7) is 6.29. The van der Waals surface area contributed by atoms with Crippen LogP contribution in [-0.4, -0.2) is 34.1 Å². The van der Waals surface area contributed by atoms with Crippen LogP contribution in [0.1, 0.15) is 53.7 Å². The van der Waals surface area contributed by atoms with Gasteiger partial charge in [-0.3, -0.25) is 9.59 Å². The standard InChI is InChI=1S/C21H20N2O4S/c1-11-17(13(3)24)12(2)22-18(11)16(25)10-27-21(26)20-19(23-14(4)28-20)15-8-6-5-7-9-15/h5-9,22H,10H2,1-4H3. The molecule has 0 spiro atoms. The number of H-pyrrole nitrogens is 1. The van der Waals surface area contributed by atoms with Gasteiger partial charge >= 0.3 is 5.97 Å². The number of thiazole rings is 1. The fourth-order valence-corrected chi connectivity index (χ4v) is 4.02. The van der Waals surface area contributed by atoms with Crippen molar-refractivity contribution in [3.63, 3.8) is 0 Å². The molecule has 0 aliphatic rings. The average molecular weight is 396 g/mol. The molecule has 0 aliphatic heterocycles. The maximum absolute atomic E-state index is 12.6. The summed E-state index contributed by atoms with van der Waals surface area (Å²) in [6, 6.07) is 9.35. The number of aromatic amines is 1. The number of carbonyl (C=O) groups excluding carboxylic acids is 3. The Bertz CT molecular complexity index is 1060. The molecule has 2 aromatic heterocycles. The normalized spacial score (nSPS) is 10.7. The molecule has 0 fully saturated rings. The average Bonchev–Trinajstić information content (AvgIpc) is 3.19. The number of nitrogens with zero attached hydrogens (tertiary/aromatic N) is 1. The number of rotatable bonds is 6. The third-order valence-electron chi connectivity index (χ3n) is 4.37. The molecule has 7 heteroatoms. The van der Waals surface area contributed by atoms with Gasteiger partial charge in [-0.1, -0.05) is 30.3 Å². The second-order valence-corrected chi connectivity index (χ2v) is 7.66. The van der Waals surface area contributed by atoms with Gasteiger partial charge in [0.05, 0.1) is 16.4 Å². The smallest absolute Gasteiger partial charge is 0.351 e. The first kappa shape index (κ1) is 19.7. The second kappa shape index (κ2) is 7.90. The maximum atomic E-state index is 12.6. The van der Waals surface area contributed by atoms with Crippen molar-refractivity contribution < 1.29 is 19.1 Å². The molecular weight excluding hydrogens is 376 g/mol. The lowest BCUT2D eigenvalue weighted by atomic mass is 10.1. The predicted octanol–water partition coefficient (Wildman–Crippen LogP) is 4.31. The number of carbonyl (C=O) groups is 3. The van der Waals surface area contributed by atoms with Gasteiger partial charge in [0.1, 0.15) is 4.88 Å². The van der Waals surface area contributed by atoms with E-state index in [0.717, 1.165) is 10.6 Å². The first-order valence-electron chi connectivity index (χ1n) is 8.72. The third-order valence-corrected chi connectivity index (χ3v) is 5.32. The molecule has 0 saturated carbocycles. The van der Waals surface area contributed by atoms with Crippen LogP contribution in [0, 0.1) is 20.8 Å². The van der Waals surface area contributed by atoms with Crippen molar-refractivity contribution in [3.8, 4) is 11.3 Å². The van der Waals surface area contributed by atoms with Crippen molar-refractivity contribution in [2.45, 2.75) is 27.7 Å². The second-order valence-electron chi connectivity index (χ2n) is 6.46. The van der Waals surface area contributed by atoms with Crippen molar-refractivity contribution in [3.05, 3.63) is 62.7 Å². The Kier molecular flexibility index (Phi) is 5.56. The van der Waals surface area contributed by atoms with Crippen LogP contribution in [0.15, 0.2) is 30.3 Å². The van der Waals surface area contributed by atoms with Crippen LogP contribution < -0.4 is 0 Å². The van der Waals surface area contributed by atoms with E-state index in [2.05, 4.69) is 9.97 Å². The minimum atomic E-state index is -0.592. The van der Waals surface area contributed by atoms with Gasteiger partial charge in [-0.05, 0) is 33.3 Å². The summed E-state index contributed by atoms with van der Waals surface area (Å²) in [5.74, 6) is -1.09. The van der Waals surface area contributed by atoms with Crippen LogP contribution in [0.4, 0.5) is 0 Å². The Morgan fingerprint density at radius 3 is 2.39 bits per heavy atom. The summed E-state index contributed by atoms with van der Waals surface area (Å²) in [4.78, 5) is 44.5. The highest BCUT2D eigenvalue weighted by atomic mass is 32.1. The quantitative estimate of drug-likeness (QED) is 0.495. The molecule has 1 N–H and O–H groups in total. The first-order valence-corrected chi connectivity index (χ1v) is 9.54. The molecule has 0 atom stereocenters. The summed E-state index contributed by atoms with van der Waals surface area (Å²) in [5, 5.41) is 0.735. The van der Waals surface area contributed by atoms with Gasteiger partial charge in [0.25, 0.3) is 0 Å². The molecule has 2 heterocycles. The van der Waals surface area contributed by atoms with Crippen LogP contribution >= 0.6 is 11.3 Å². The molecule has 6 nitrogen and oxygen atoms in total. The van der Waals surface area contributed by atoms with E-state index < -0.39 is 12.6 Å². The van der Waals surface area contributed by atoms with E-state index in [4.69, 9.17) is 4.74 Å². The zero-order valence-electron chi connectivity index (χ0n) is 16.1. The highest BCUT2D eigenvalue weighted by Crippen LogP contribution is 2.28. The fourth-order valence-electron chi connectivity index (χ4n) is 3.18. The first-order chi connectivity index (χ1) is 13.3. The number of benzene rings is 1. The molecule has 3 rings (SSSR count). The minimum absolute atomic E-state index is 0.116. The largest absolute Gasteiger partial charge is 0.453 e. The monoisotopic (exact) mass is 396 g/mol. The Labute approximate surface area is 166 Å². The summed E-state index contributed by atoms with van der Waals surface area (Å²) in [5.41, 5.74) is 3.35. The Hall–Kier alpha value is -3.06. The summed E-state index contributed by atoms with van der Waals surface area (Å²) < 4.78 is 5.26. The van der Waals surface area contributed by atoms with Crippen molar-refractivity contribution in [1.82, 2.24) is 9.97 Å². The predicted molar refractivity (Wildman–Crippen MR) is 107 cm³/mol. The van der Waals surface area contributed by atoms with Gasteiger partial charge in [0, 0.05) is 16.8 Å². The summed E-state index contributed by atoms with van der Waals surface area (Å²) in [7, 11) is 0. The van der Waals surface area contributed by atoms with Crippen LogP contribution in [0.3, 0.4) is 0 Å². The number of ketones is 2. The van der Waals surface area contributed by atoms with Crippen molar-refractivity contribution in [2.24, 2.45) is 0 Å². The zero-order chi connectivity index (χ0) is 20.4. The minimum Gasteiger partial charge on any atom is -0.453 e. The number of ether oxygens (including phenoxy) is 1. The molecular formula is C21H20N2O4S. The molecule has 144 valence electrons. The number of esters is 1. The van der Waals surface area contributed by atoms with E-state index in [-0.39, 0.29) is 11.6 Å². The number of hydrogen-bond donors (Lipinski definition) is 1. The SMILES string of the molecule is CC(=O)c1c(C)[nH]c(C(=O)COC(=O)c2sc(C)nc2-c2ccccc2)c1C. The summed E-state index contributed by atoms with van der Waals surface area (Å²) in [6.07, 6.45) is 0. The number of aromatic nitrogens is 2. The molecule has 1 aromatic carbocycles. The lowest BCUT2D eigenvalue weighted by Gasteiger charge is -2.05. The fraction of sp³-hybridized carbons (Fsp3) is 0.238. The summed E-state index contributed by atoms with van der Waals surface area (Å²) >= 11 is 1.23. The van der Waals surface area contributed by atoms with Gasteiger partial charge in [0.2, 0.25) is 5.78 Å². The number of aryl methyl sites for hydroxylation is 2. The van der Waals surface area contributed by atoms with Crippen LogP contribution in [0.5, 0.6) is 0 Å². The van der Waals surface area contributed by atoms with E-state index in [9.17, 15) is 14.4 Å². The van der Waals surface area contributed by atoms with E-state index >= 15 is 0 Å². The van der Waals surface area contributed by atoms with Crippen LogP contribution in [0.2, 0.25) is 0 Å². The maximum Gasteiger partial charge on any atom is 0.351 e. The number of Topliss-reactive ketones (excluding diaryl/α,β-unsaturated/α-hetero) is 2. The van der Waals surface area contributed by atoms with E-state index in [0.29, 0.717) is 33.1 Å². The van der Waals surface area contributed by atoms with E-state index in [1.807, 2.05) is 37.3 Å². The van der Waals surface area contributed by atoms with Gasteiger partial charge in [0.15, 0.2) is 12.4 Å². The lowest BCUT2D eigenvalue weighted by molar-refractivity contribution is 0.0478. The van der Waals surface area contributed by atoms with E-state index in [1.165, 1.54) is 18.3 Å². The third kappa shape index (κ3) is 3.80. The molecule has 0 saturated heterocycles. The molecule has 0 amide bonds. The van der Waals surface area contributed by atoms with Crippen LogP contribution in [-0.2, 0) is 4.74 Å². The van der Waals surface area contributed by atoms with Crippen molar-refractivity contribution >= 4 is 28.9 Å². The van der Waals surface area contributed by atoms with Crippen molar-refractivity contribution in [1.29, 1.82) is 0 Å². The number of nitrogens with one attached hydrogen (secondary N) is 1. The van der Waals surface area contributed by atoms with Gasteiger partial charge in [-0.2, -0.15) is 0 Å². The number of hydrogen-bond acceptors (Lipinski definition) is 6. The van der Waals surface area contributed by atoms with Gasteiger partial charge in [-0.25, -0.2) is 9.78 Å². The van der Waals surface area contributed by atoms with Gasteiger partial charge < -0.3 is 9.72 Å². The van der Waals surface area contributed by atoms with Crippen LogP contribution in [0.25, 0.3) is 11.3 Å². The zero-order valence-corrected chi connectivity index (χ0v) is 16.9. The highest BCUT2D eigenvalue weighted by Gasteiger charge is 2.23. The van der Waals surface area contributed by atoms with Crippen molar-refractivity contribution in [2.75, 3.05) is 6.61 Å². The Morgan fingerprint density at radius 2 is 1.79 bits per heavy atom. The van der Waals surface area contributed by atoms with E-state index in [1.54, 1.807) is 13.8 Å². The molecule has 0 bridgehead atoms. The lowest BCUT2D eigenvalue weighted by Crippen LogP contribution is -2.15. The molecule has 28 heavy (non-hydrogen) atoms. The topological polar surface area (TPSA) is 89.1 Å². The van der Waals surface area contributed by atoms with Gasteiger partial charge in [-0.15, -0.1) is 11.3 Å². The highest BCUT2D eigenvalue weighted by molar-refractivity contribution is 7.14.